The van der Waals surface area contributed by atoms with Gasteiger partial charge >= 0.3 is 0 Å². The number of carbonyl (C=O) groups excluding carboxylic acids is 1. The number of amides is 1. The molecule has 0 saturated carbocycles. The summed E-state index contributed by atoms with van der Waals surface area (Å²) < 4.78 is 1.17. The second-order valence-electron chi connectivity index (χ2n) is 5.86. The molecule has 1 aromatic carbocycles. The Balaban J connectivity index is 1.54. The van der Waals surface area contributed by atoms with E-state index in [2.05, 4.69) is 44.8 Å². The van der Waals surface area contributed by atoms with Crippen molar-refractivity contribution < 1.29 is 4.79 Å². The molecule has 1 saturated heterocycles. The first kappa shape index (κ1) is 14.1. The Hall–Kier alpha value is -0.870. The molecule has 3 rings (SSSR count). The smallest absolute Gasteiger partial charge is 0.220 e. The summed E-state index contributed by atoms with van der Waals surface area (Å²) >= 11 is 3.60. The Kier molecular flexibility index (Phi) is 4.41. The van der Waals surface area contributed by atoms with Gasteiger partial charge in [-0.15, -0.1) is 0 Å². The molecule has 1 heterocycles. The lowest BCUT2D eigenvalue weighted by Gasteiger charge is -2.15. The van der Waals surface area contributed by atoms with Crippen LogP contribution >= 0.6 is 15.9 Å². The zero-order chi connectivity index (χ0) is 13.9. The maximum absolute atomic E-state index is 12.1. The van der Waals surface area contributed by atoms with Gasteiger partial charge in [-0.3, -0.25) is 4.79 Å². The Labute approximate surface area is 128 Å². The van der Waals surface area contributed by atoms with Gasteiger partial charge in [-0.1, -0.05) is 28.1 Å². The number of halogens is 1. The molecular weight excluding hydrogens is 316 g/mol. The van der Waals surface area contributed by atoms with Gasteiger partial charge in [0.2, 0.25) is 5.91 Å². The molecule has 108 valence electrons. The second kappa shape index (κ2) is 6.27. The highest BCUT2D eigenvalue weighted by Crippen LogP contribution is 2.35. The van der Waals surface area contributed by atoms with E-state index in [0.717, 1.165) is 32.4 Å². The molecule has 2 aliphatic rings. The molecule has 2 N–H and O–H groups in total. The van der Waals surface area contributed by atoms with Crippen LogP contribution in [-0.2, 0) is 11.2 Å². The van der Waals surface area contributed by atoms with Gasteiger partial charge in [-0.2, -0.15) is 0 Å². The van der Waals surface area contributed by atoms with Crippen LogP contribution in [0, 0.1) is 5.92 Å². The van der Waals surface area contributed by atoms with E-state index in [9.17, 15) is 4.79 Å². The highest BCUT2D eigenvalue weighted by molar-refractivity contribution is 9.10. The van der Waals surface area contributed by atoms with Crippen molar-refractivity contribution in [3.05, 3.63) is 33.8 Å². The summed E-state index contributed by atoms with van der Waals surface area (Å²) in [5.74, 6) is 0.889. The van der Waals surface area contributed by atoms with Crippen molar-refractivity contribution in [2.75, 3.05) is 13.1 Å². The van der Waals surface area contributed by atoms with Crippen LogP contribution in [0.25, 0.3) is 0 Å². The number of hydrogen-bond donors (Lipinski definition) is 2. The van der Waals surface area contributed by atoms with Gasteiger partial charge in [-0.25, -0.2) is 0 Å². The Morgan fingerprint density at radius 2 is 2.30 bits per heavy atom. The normalized spacial score (nSPS) is 24.6. The third kappa shape index (κ3) is 3.07. The van der Waals surface area contributed by atoms with Crippen molar-refractivity contribution in [2.45, 2.75) is 38.1 Å². The average Bonchev–Trinajstić information content (AvgIpc) is 3.07. The Morgan fingerprint density at radius 1 is 1.40 bits per heavy atom. The van der Waals surface area contributed by atoms with Crippen LogP contribution < -0.4 is 10.6 Å². The van der Waals surface area contributed by atoms with E-state index < -0.39 is 0 Å². The molecule has 1 aliphatic carbocycles. The van der Waals surface area contributed by atoms with Crippen LogP contribution in [0.3, 0.4) is 0 Å². The van der Waals surface area contributed by atoms with Crippen molar-refractivity contribution in [3.8, 4) is 0 Å². The van der Waals surface area contributed by atoms with Crippen LogP contribution in [-0.4, -0.2) is 19.0 Å². The molecule has 3 nitrogen and oxygen atoms in total. The summed E-state index contributed by atoms with van der Waals surface area (Å²) in [5, 5.41) is 6.56. The molecule has 0 radical (unpaired) electrons. The highest BCUT2D eigenvalue weighted by atomic mass is 79.9. The number of rotatable bonds is 4. The van der Waals surface area contributed by atoms with Crippen LogP contribution in [0.1, 0.15) is 42.9 Å². The largest absolute Gasteiger partial charge is 0.349 e. The molecule has 1 fully saturated rings. The topological polar surface area (TPSA) is 41.1 Å². The zero-order valence-electron chi connectivity index (χ0n) is 11.6. The predicted octanol–water partition coefficient (Wildman–Crippen LogP) is 2.94. The lowest BCUT2D eigenvalue weighted by molar-refractivity contribution is -0.122. The van der Waals surface area contributed by atoms with Crippen molar-refractivity contribution in [1.29, 1.82) is 0 Å². The minimum absolute atomic E-state index is 0.203. The monoisotopic (exact) mass is 336 g/mol. The Bertz CT molecular complexity index is 497. The summed E-state index contributed by atoms with van der Waals surface area (Å²) in [6.07, 6.45) is 4.96. The number of carbonyl (C=O) groups is 1. The lowest BCUT2D eigenvalue weighted by atomic mass is 10.0. The standard InChI is InChI=1S/C16H21BrN2O/c17-14-3-1-2-13-12(14)5-6-15(13)19-16(20)7-4-11-8-9-18-10-11/h1-3,11,15,18H,4-10H2,(H,19,20). The van der Waals surface area contributed by atoms with Crippen LogP contribution in [0.15, 0.2) is 22.7 Å². The van der Waals surface area contributed by atoms with Gasteiger partial charge in [0.15, 0.2) is 0 Å². The summed E-state index contributed by atoms with van der Waals surface area (Å²) in [5.41, 5.74) is 2.65. The van der Waals surface area contributed by atoms with Crippen molar-refractivity contribution in [2.24, 2.45) is 5.92 Å². The highest BCUT2D eigenvalue weighted by Gasteiger charge is 2.25. The van der Waals surface area contributed by atoms with Crippen LogP contribution in [0.2, 0.25) is 0 Å². The minimum atomic E-state index is 0.203. The van der Waals surface area contributed by atoms with E-state index in [-0.39, 0.29) is 11.9 Å². The summed E-state index contributed by atoms with van der Waals surface area (Å²) in [4.78, 5) is 12.1. The fourth-order valence-corrected chi connectivity index (χ4v) is 3.90. The molecular formula is C16H21BrN2O. The molecule has 1 aromatic rings. The van der Waals surface area contributed by atoms with Crippen LogP contribution in [0.5, 0.6) is 0 Å². The van der Waals surface area contributed by atoms with Crippen molar-refractivity contribution in [1.82, 2.24) is 10.6 Å². The first-order chi connectivity index (χ1) is 9.74. The van der Waals surface area contributed by atoms with E-state index in [4.69, 9.17) is 0 Å². The summed E-state index contributed by atoms with van der Waals surface area (Å²) in [6, 6.07) is 6.48. The Morgan fingerprint density at radius 3 is 3.10 bits per heavy atom. The number of fused-ring (bicyclic) bond motifs is 1. The van der Waals surface area contributed by atoms with Gasteiger partial charge in [0, 0.05) is 10.9 Å². The van der Waals surface area contributed by atoms with E-state index >= 15 is 0 Å². The van der Waals surface area contributed by atoms with Gasteiger partial charge in [0.05, 0.1) is 6.04 Å². The zero-order valence-corrected chi connectivity index (χ0v) is 13.2. The van der Waals surface area contributed by atoms with Crippen molar-refractivity contribution in [3.63, 3.8) is 0 Å². The second-order valence-corrected chi connectivity index (χ2v) is 6.72. The average molecular weight is 337 g/mol. The predicted molar refractivity (Wildman–Crippen MR) is 83.6 cm³/mol. The molecule has 1 amide bonds. The summed E-state index contributed by atoms with van der Waals surface area (Å²) in [7, 11) is 0. The fourth-order valence-electron chi connectivity index (χ4n) is 3.32. The third-order valence-corrected chi connectivity index (χ3v) is 5.23. The van der Waals surface area contributed by atoms with E-state index in [1.165, 1.54) is 22.0 Å². The molecule has 1 aliphatic heterocycles. The molecule has 2 atom stereocenters. The minimum Gasteiger partial charge on any atom is -0.349 e. The molecule has 0 bridgehead atoms. The van der Waals surface area contributed by atoms with Gasteiger partial charge in [0.1, 0.15) is 0 Å². The first-order valence-electron chi connectivity index (χ1n) is 7.51. The first-order valence-corrected chi connectivity index (χ1v) is 8.30. The van der Waals surface area contributed by atoms with Gasteiger partial charge in [0.25, 0.3) is 0 Å². The van der Waals surface area contributed by atoms with Crippen molar-refractivity contribution >= 4 is 21.8 Å². The SMILES string of the molecule is O=C(CCC1CCNC1)NC1CCc2c(Br)cccc21. The maximum atomic E-state index is 12.1. The summed E-state index contributed by atoms with van der Waals surface area (Å²) in [6.45, 7) is 2.18. The molecule has 4 heteroatoms. The molecule has 2 unspecified atom stereocenters. The third-order valence-electron chi connectivity index (χ3n) is 4.49. The van der Waals surface area contributed by atoms with E-state index in [1.807, 2.05) is 0 Å². The number of hydrogen-bond acceptors (Lipinski definition) is 2. The van der Waals surface area contributed by atoms with Gasteiger partial charge in [-0.05, 0) is 61.9 Å². The van der Waals surface area contributed by atoms with E-state index in [1.54, 1.807) is 0 Å². The molecule has 0 aromatic heterocycles. The lowest BCUT2D eigenvalue weighted by Crippen LogP contribution is -2.27. The fraction of sp³-hybridized carbons (Fsp3) is 0.562. The van der Waals surface area contributed by atoms with Crippen LogP contribution in [0.4, 0.5) is 0 Å². The quantitative estimate of drug-likeness (QED) is 0.887. The number of benzene rings is 1. The van der Waals surface area contributed by atoms with E-state index in [0.29, 0.717) is 12.3 Å². The molecule has 0 spiro atoms. The maximum Gasteiger partial charge on any atom is 0.220 e. The molecule has 20 heavy (non-hydrogen) atoms. The van der Waals surface area contributed by atoms with Gasteiger partial charge < -0.3 is 10.6 Å². The number of nitrogens with one attached hydrogen (secondary N) is 2.